The number of aliphatic hydroxyl groups excluding tert-OH is 2. The second-order valence-electron chi connectivity index (χ2n) is 14.4. The van der Waals surface area contributed by atoms with Gasteiger partial charge in [0.25, 0.3) is 23.6 Å². The molecule has 4 amide bonds. The van der Waals surface area contributed by atoms with Crippen LogP contribution in [0.3, 0.4) is 0 Å². The number of carbonyl (C=O) groups is 4. The van der Waals surface area contributed by atoms with Crippen molar-refractivity contribution in [3.63, 3.8) is 0 Å². The number of likely N-dealkylation sites (N-methyl/N-ethyl adjacent to an activating group) is 1. The maximum Gasteiger partial charge on any atom is 0.262 e. The van der Waals surface area contributed by atoms with E-state index >= 15 is 0 Å². The van der Waals surface area contributed by atoms with Crippen LogP contribution in [0.5, 0.6) is 0 Å². The molecule has 0 atom stereocenters. The third-order valence-electron chi connectivity index (χ3n) is 10.8. The molecule has 2 aliphatic heterocycles. The summed E-state index contributed by atoms with van der Waals surface area (Å²) < 4.78 is 42.7. The number of rotatable bonds is 6. The number of aryl methyl sites for hydroxylation is 2. The minimum absolute atomic E-state index is 0. The lowest BCUT2D eigenvalue weighted by molar-refractivity contribution is -0.134. The van der Waals surface area contributed by atoms with Crippen molar-refractivity contribution in [2.24, 2.45) is 14.1 Å². The lowest BCUT2D eigenvalue weighted by atomic mass is 9.95. The van der Waals surface area contributed by atoms with E-state index in [1.54, 1.807) is 84.2 Å². The van der Waals surface area contributed by atoms with Gasteiger partial charge in [-0.2, -0.15) is 0 Å². The first-order chi connectivity index (χ1) is 28.4. The number of nitrogens with one attached hydrogen (secondary N) is 1. The molecule has 14 heteroatoms. The summed E-state index contributed by atoms with van der Waals surface area (Å²) in [4.78, 5) is 52.6. The SMILES string of the molecule is C.CN1C(=O)C(c2coc3cc(CO)ccc23)=C(c2cn(C)c3ccc(F)cc23)C1=O.Cn1cc(C2=C(c3coc4cc(CO)ccc34)C(=O)NC2=O)c2cc(F)ccc21. The Kier molecular flexibility index (Phi) is 9.69. The molecule has 0 fully saturated rings. The van der Waals surface area contributed by atoms with E-state index < -0.39 is 35.3 Å². The third-order valence-corrected chi connectivity index (χ3v) is 10.8. The molecular formula is C46H36F2N4O8. The molecule has 60 heavy (non-hydrogen) atoms. The van der Waals surface area contributed by atoms with E-state index in [4.69, 9.17) is 8.83 Å². The van der Waals surface area contributed by atoms with E-state index in [1.165, 1.54) is 43.8 Å². The van der Waals surface area contributed by atoms with Gasteiger partial charge in [-0.3, -0.25) is 29.4 Å². The molecule has 2 aliphatic rings. The second kappa shape index (κ2) is 14.8. The molecule has 12 nitrogen and oxygen atoms in total. The Morgan fingerprint density at radius 2 is 0.967 bits per heavy atom. The number of hydrogen-bond acceptors (Lipinski definition) is 8. The second-order valence-corrected chi connectivity index (χ2v) is 14.4. The van der Waals surface area contributed by atoms with Gasteiger partial charge in [0.15, 0.2) is 0 Å². The fraction of sp³-hybridized carbons (Fsp3) is 0.130. The molecule has 3 N–H and O–H groups in total. The zero-order valence-electron chi connectivity index (χ0n) is 31.6. The molecule has 302 valence electrons. The minimum atomic E-state index is -0.539. The topological polar surface area (TPSA) is 160 Å². The number of carbonyl (C=O) groups excluding carboxylic acids is 4. The van der Waals surface area contributed by atoms with Gasteiger partial charge in [-0.05, 0) is 59.7 Å². The van der Waals surface area contributed by atoms with Crippen LogP contribution in [-0.2, 0) is 46.5 Å². The summed E-state index contributed by atoms with van der Waals surface area (Å²) in [5.41, 5.74) is 6.55. The molecule has 6 heterocycles. The quantitative estimate of drug-likeness (QED) is 0.149. The highest BCUT2D eigenvalue weighted by atomic mass is 19.1. The molecule has 0 unspecified atom stereocenters. The van der Waals surface area contributed by atoms with Crippen LogP contribution in [0.25, 0.3) is 66.0 Å². The zero-order valence-corrected chi connectivity index (χ0v) is 31.6. The standard InChI is InChI=1S/C23H17FN2O4.C22H15FN2O4.CH4/c1-25-9-16(15-8-13(24)4-6-18(15)25)20-21(23(29)26(2)22(20)28)17-11-30-19-7-12(10-27)3-5-14(17)19;1-25-8-15(14-7-12(23)3-5-17(14)25)19-20(22(28)24-21(19)27)16-10-29-18-6-11(9-26)2-4-13(16)18;/h3-9,11,27H,10H2,1-2H3;2-8,10,26H,9H2,1H3,(H,24,27,28);1H4. The number of halogens is 2. The van der Waals surface area contributed by atoms with Crippen molar-refractivity contribution in [2.45, 2.75) is 20.6 Å². The van der Waals surface area contributed by atoms with Gasteiger partial charge in [-0.1, -0.05) is 31.7 Å². The van der Waals surface area contributed by atoms with Crippen LogP contribution in [0, 0.1) is 11.6 Å². The Hall–Kier alpha value is -7.42. The largest absolute Gasteiger partial charge is 0.464 e. The number of furan rings is 2. The molecule has 8 aromatic rings. The summed E-state index contributed by atoms with van der Waals surface area (Å²) in [5, 5.41) is 23.4. The van der Waals surface area contributed by atoms with Crippen molar-refractivity contribution in [1.82, 2.24) is 19.4 Å². The van der Waals surface area contributed by atoms with Gasteiger partial charge in [-0.25, -0.2) is 8.78 Å². The number of fused-ring (bicyclic) bond motifs is 4. The Bertz CT molecular complexity index is 3210. The highest BCUT2D eigenvalue weighted by Crippen LogP contribution is 2.42. The van der Waals surface area contributed by atoms with E-state index in [0.717, 1.165) is 15.9 Å². The van der Waals surface area contributed by atoms with Crippen molar-refractivity contribution in [3.8, 4) is 0 Å². The van der Waals surface area contributed by atoms with Gasteiger partial charge in [0.2, 0.25) is 0 Å². The molecule has 0 aliphatic carbocycles. The maximum atomic E-state index is 14.0. The predicted octanol–water partition coefficient (Wildman–Crippen LogP) is 7.22. The number of hydrogen-bond donors (Lipinski definition) is 3. The summed E-state index contributed by atoms with van der Waals surface area (Å²) in [7, 11) is 5.02. The number of benzene rings is 4. The number of amides is 4. The average molecular weight is 811 g/mol. The van der Waals surface area contributed by atoms with Crippen LogP contribution >= 0.6 is 0 Å². The highest BCUT2D eigenvalue weighted by Gasteiger charge is 2.40. The average Bonchev–Trinajstić information content (AvgIpc) is 4.07. The fourth-order valence-electron chi connectivity index (χ4n) is 7.97. The first-order valence-corrected chi connectivity index (χ1v) is 18.3. The van der Waals surface area contributed by atoms with Crippen LogP contribution in [0.4, 0.5) is 8.78 Å². The number of nitrogens with zero attached hydrogens (tertiary/aromatic N) is 3. The van der Waals surface area contributed by atoms with Gasteiger partial charge < -0.3 is 28.2 Å². The molecule has 4 aromatic heterocycles. The number of imide groups is 2. The Labute approximate surface area is 339 Å². The van der Waals surface area contributed by atoms with Gasteiger partial charge in [0.1, 0.15) is 22.8 Å². The normalized spacial score (nSPS) is 14.3. The monoisotopic (exact) mass is 810 g/mol. The van der Waals surface area contributed by atoms with Gasteiger partial charge in [-0.15, -0.1) is 0 Å². The summed E-state index contributed by atoms with van der Waals surface area (Å²) >= 11 is 0. The molecule has 0 spiro atoms. The lowest BCUT2D eigenvalue weighted by Crippen LogP contribution is -2.26. The van der Waals surface area contributed by atoms with Crippen molar-refractivity contribution in [3.05, 3.63) is 143 Å². The molecule has 0 saturated heterocycles. The van der Waals surface area contributed by atoms with E-state index in [0.29, 0.717) is 66.1 Å². The molecule has 0 saturated carbocycles. The van der Waals surface area contributed by atoms with Gasteiger partial charge in [0.05, 0.1) is 48.0 Å². The summed E-state index contributed by atoms with van der Waals surface area (Å²) in [6, 6.07) is 19.0. The summed E-state index contributed by atoms with van der Waals surface area (Å²) in [6.07, 6.45) is 6.31. The maximum absolute atomic E-state index is 14.0. The molecule has 4 aromatic carbocycles. The Balaban J connectivity index is 0.000000164. The molecule has 10 rings (SSSR count). The smallest absolute Gasteiger partial charge is 0.262 e. The molecule has 0 radical (unpaired) electrons. The van der Waals surface area contributed by atoms with Crippen molar-refractivity contribution in [2.75, 3.05) is 7.05 Å². The zero-order chi connectivity index (χ0) is 41.4. The number of aromatic nitrogens is 2. The van der Waals surface area contributed by atoms with E-state index in [9.17, 15) is 38.2 Å². The Morgan fingerprint density at radius 3 is 1.43 bits per heavy atom. The van der Waals surface area contributed by atoms with Crippen molar-refractivity contribution in [1.29, 1.82) is 0 Å². The lowest BCUT2D eigenvalue weighted by Gasteiger charge is -2.06. The predicted molar refractivity (Wildman–Crippen MR) is 221 cm³/mol. The van der Waals surface area contributed by atoms with E-state index in [1.807, 2.05) is 0 Å². The van der Waals surface area contributed by atoms with Crippen molar-refractivity contribution >= 4 is 89.7 Å². The van der Waals surface area contributed by atoms with Crippen LogP contribution in [-0.4, -0.2) is 54.9 Å². The minimum Gasteiger partial charge on any atom is -0.464 e. The first-order valence-electron chi connectivity index (χ1n) is 18.3. The van der Waals surface area contributed by atoms with Crippen LogP contribution in [0.15, 0.2) is 107 Å². The fourth-order valence-corrected chi connectivity index (χ4v) is 7.97. The van der Waals surface area contributed by atoms with E-state index in [2.05, 4.69) is 5.32 Å². The summed E-state index contributed by atoms with van der Waals surface area (Å²) in [6.45, 7) is -0.276. The van der Waals surface area contributed by atoms with Crippen LogP contribution in [0.2, 0.25) is 0 Å². The van der Waals surface area contributed by atoms with Gasteiger partial charge in [0, 0.05) is 88.4 Å². The molecular weight excluding hydrogens is 775 g/mol. The van der Waals surface area contributed by atoms with Crippen molar-refractivity contribution < 1.29 is 47.0 Å². The third kappa shape index (κ3) is 6.12. The van der Waals surface area contributed by atoms with Crippen LogP contribution < -0.4 is 5.32 Å². The van der Waals surface area contributed by atoms with Gasteiger partial charge >= 0.3 is 0 Å². The highest BCUT2D eigenvalue weighted by molar-refractivity contribution is 6.51. The summed E-state index contributed by atoms with van der Waals surface area (Å²) in [5.74, 6) is -2.82. The Morgan fingerprint density at radius 1 is 0.550 bits per heavy atom. The van der Waals surface area contributed by atoms with Crippen LogP contribution in [0.1, 0.15) is 40.8 Å². The number of aliphatic hydroxyl groups is 2. The first kappa shape index (κ1) is 39.4. The van der Waals surface area contributed by atoms with E-state index in [-0.39, 0.29) is 42.9 Å². The molecule has 0 bridgehead atoms.